The van der Waals surface area contributed by atoms with Crippen LogP contribution >= 0.6 is 0 Å². The number of nitrogens with one attached hydrogen (secondary N) is 1. The third-order valence-corrected chi connectivity index (χ3v) is 4.02. The third-order valence-electron chi connectivity index (χ3n) is 4.02. The molecule has 5 heteroatoms. The lowest BCUT2D eigenvalue weighted by Gasteiger charge is -2.26. The molecular formula is C15H17N3O2. The fourth-order valence-corrected chi connectivity index (χ4v) is 2.59. The first-order valence-electron chi connectivity index (χ1n) is 6.93. The molecule has 5 nitrogen and oxygen atoms in total. The van der Waals surface area contributed by atoms with Crippen LogP contribution < -0.4 is 5.32 Å². The van der Waals surface area contributed by atoms with Gasteiger partial charge in [-0.15, -0.1) is 0 Å². The van der Waals surface area contributed by atoms with Crippen molar-refractivity contribution in [2.24, 2.45) is 5.92 Å². The van der Waals surface area contributed by atoms with Crippen LogP contribution in [0.4, 0.5) is 11.4 Å². The van der Waals surface area contributed by atoms with Gasteiger partial charge in [-0.25, -0.2) is 0 Å². The van der Waals surface area contributed by atoms with Crippen LogP contribution in [-0.2, 0) is 0 Å². The van der Waals surface area contributed by atoms with Crippen LogP contribution in [0.15, 0.2) is 24.4 Å². The van der Waals surface area contributed by atoms with E-state index in [-0.39, 0.29) is 10.6 Å². The Balaban J connectivity index is 2.00. The lowest BCUT2D eigenvalue weighted by molar-refractivity contribution is -0.383. The lowest BCUT2D eigenvalue weighted by Crippen LogP contribution is -2.21. The summed E-state index contributed by atoms with van der Waals surface area (Å²) in [5, 5.41) is 16.0. The molecular weight excluding hydrogens is 254 g/mol. The standard InChI is InChI=1S/C15H17N3O2/c1-10-7-12-13(9-16-10)15(18(19)20)6-5-14(12)17-8-11-3-2-4-11/h5-7,9,11,17H,2-4,8H2,1H3. The van der Waals surface area contributed by atoms with Crippen molar-refractivity contribution in [1.82, 2.24) is 4.98 Å². The van der Waals surface area contributed by atoms with Gasteiger partial charge in [0.2, 0.25) is 0 Å². The van der Waals surface area contributed by atoms with E-state index in [0.29, 0.717) is 5.39 Å². The molecule has 0 saturated heterocycles. The second kappa shape index (κ2) is 5.07. The van der Waals surface area contributed by atoms with Crippen molar-refractivity contribution in [2.45, 2.75) is 26.2 Å². The molecule has 1 saturated carbocycles. The van der Waals surface area contributed by atoms with E-state index >= 15 is 0 Å². The van der Waals surface area contributed by atoms with Crippen LogP contribution in [0.3, 0.4) is 0 Å². The van der Waals surface area contributed by atoms with E-state index in [2.05, 4.69) is 10.3 Å². The van der Waals surface area contributed by atoms with Gasteiger partial charge in [-0.1, -0.05) is 6.42 Å². The molecule has 104 valence electrons. The molecule has 1 aliphatic rings. The Morgan fingerprint density at radius 2 is 2.20 bits per heavy atom. The summed E-state index contributed by atoms with van der Waals surface area (Å²) in [5.74, 6) is 0.739. The summed E-state index contributed by atoms with van der Waals surface area (Å²) in [6.45, 7) is 2.84. The summed E-state index contributed by atoms with van der Waals surface area (Å²) in [7, 11) is 0. The van der Waals surface area contributed by atoms with Crippen molar-refractivity contribution >= 4 is 22.1 Å². The van der Waals surface area contributed by atoms with E-state index in [0.717, 1.165) is 29.2 Å². The highest BCUT2D eigenvalue weighted by atomic mass is 16.6. The van der Waals surface area contributed by atoms with Gasteiger partial charge in [0.1, 0.15) is 0 Å². The smallest absolute Gasteiger partial charge is 0.278 e. The highest BCUT2D eigenvalue weighted by Gasteiger charge is 2.19. The highest BCUT2D eigenvalue weighted by Crippen LogP contribution is 2.33. The van der Waals surface area contributed by atoms with E-state index in [4.69, 9.17) is 0 Å². The molecule has 1 heterocycles. The number of rotatable bonds is 4. The number of non-ortho nitro benzene ring substituents is 1. The van der Waals surface area contributed by atoms with Crippen LogP contribution in [-0.4, -0.2) is 16.5 Å². The van der Waals surface area contributed by atoms with Gasteiger partial charge in [-0.3, -0.25) is 15.1 Å². The molecule has 1 N–H and O–H groups in total. The van der Waals surface area contributed by atoms with Gasteiger partial charge >= 0.3 is 0 Å². The molecule has 1 aliphatic carbocycles. The number of hydrogen-bond donors (Lipinski definition) is 1. The van der Waals surface area contributed by atoms with Crippen molar-refractivity contribution < 1.29 is 4.92 Å². The topological polar surface area (TPSA) is 68.1 Å². The number of anilines is 1. The van der Waals surface area contributed by atoms with Gasteiger partial charge in [0.05, 0.1) is 10.3 Å². The van der Waals surface area contributed by atoms with Crippen LogP contribution in [0.1, 0.15) is 25.0 Å². The summed E-state index contributed by atoms with van der Waals surface area (Å²) in [6, 6.07) is 5.27. The quantitative estimate of drug-likeness (QED) is 0.680. The maximum atomic E-state index is 11.1. The summed E-state index contributed by atoms with van der Waals surface area (Å²) < 4.78 is 0. The minimum Gasteiger partial charge on any atom is -0.384 e. The molecule has 1 aromatic carbocycles. The van der Waals surface area contributed by atoms with Crippen molar-refractivity contribution in [1.29, 1.82) is 0 Å². The van der Waals surface area contributed by atoms with E-state index in [9.17, 15) is 10.1 Å². The number of aromatic nitrogens is 1. The monoisotopic (exact) mass is 271 g/mol. The van der Waals surface area contributed by atoms with Gasteiger partial charge in [-0.2, -0.15) is 0 Å². The van der Waals surface area contributed by atoms with Gasteiger partial charge < -0.3 is 5.32 Å². The summed E-state index contributed by atoms with van der Waals surface area (Å²) in [6.07, 6.45) is 5.46. The molecule has 0 atom stereocenters. The number of nitro groups is 1. The number of fused-ring (bicyclic) bond motifs is 1. The van der Waals surface area contributed by atoms with Crippen molar-refractivity contribution in [3.8, 4) is 0 Å². The fraction of sp³-hybridized carbons (Fsp3) is 0.400. The number of nitro benzene ring substituents is 1. The van der Waals surface area contributed by atoms with Crippen molar-refractivity contribution in [3.63, 3.8) is 0 Å². The highest BCUT2D eigenvalue weighted by molar-refractivity contribution is 5.99. The first-order valence-corrected chi connectivity index (χ1v) is 6.93. The van der Waals surface area contributed by atoms with E-state index in [1.165, 1.54) is 19.3 Å². The molecule has 3 rings (SSSR count). The first-order chi connectivity index (χ1) is 9.65. The minimum atomic E-state index is -0.352. The summed E-state index contributed by atoms with van der Waals surface area (Å²) >= 11 is 0. The maximum Gasteiger partial charge on any atom is 0.278 e. The van der Waals surface area contributed by atoms with Crippen LogP contribution in [0.25, 0.3) is 10.8 Å². The second-order valence-electron chi connectivity index (χ2n) is 5.44. The molecule has 20 heavy (non-hydrogen) atoms. The SMILES string of the molecule is Cc1cc2c(NCC3CCC3)ccc([N+](=O)[O-])c2cn1. The number of aryl methyl sites for hydroxylation is 1. The third kappa shape index (κ3) is 2.31. The van der Waals surface area contributed by atoms with Gasteiger partial charge in [-0.05, 0) is 37.8 Å². The van der Waals surface area contributed by atoms with Crippen molar-refractivity contribution in [2.75, 3.05) is 11.9 Å². The van der Waals surface area contributed by atoms with Gasteiger partial charge in [0.15, 0.2) is 0 Å². The Bertz CT molecular complexity index is 665. The predicted octanol–water partition coefficient (Wildman–Crippen LogP) is 3.66. The van der Waals surface area contributed by atoms with E-state index in [1.54, 1.807) is 18.3 Å². The first kappa shape index (κ1) is 12.8. The molecule has 0 spiro atoms. The maximum absolute atomic E-state index is 11.1. The zero-order valence-corrected chi connectivity index (χ0v) is 11.4. The Morgan fingerprint density at radius 3 is 2.85 bits per heavy atom. The largest absolute Gasteiger partial charge is 0.384 e. The number of hydrogen-bond acceptors (Lipinski definition) is 4. The average molecular weight is 271 g/mol. The summed E-state index contributed by atoms with van der Waals surface area (Å²) in [5.41, 5.74) is 1.94. The van der Waals surface area contributed by atoms with Crippen molar-refractivity contribution in [3.05, 3.63) is 40.2 Å². The fourth-order valence-electron chi connectivity index (χ4n) is 2.59. The van der Waals surface area contributed by atoms with Crippen LogP contribution in [0.2, 0.25) is 0 Å². The zero-order valence-electron chi connectivity index (χ0n) is 11.4. The molecule has 0 radical (unpaired) electrons. The Kier molecular flexibility index (Phi) is 3.26. The number of benzene rings is 1. The molecule has 0 unspecified atom stereocenters. The Labute approximate surface area is 117 Å². The van der Waals surface area contributed by atoms with Crippen LogP contribution in [0.5, 0.6) is 0 Å². The molecule has 1 fully saturated rings. The molecule has 0 bridgehead atoms. The van der Waals surface area contributed by atoms with Gasteiger partial charge in [0.25, 0.3) is 5.69 Å². The van der Waals surface area contributed by atoms with Gasteiger partial charge in [0, 0.05) is 35.6 Å². The minimum absolute atomic E-state index is 0.113. The summed E-state index contributed by atoms with van der Waals surface area (Å²) in [4.78, 5) is 14.9. The molecule has 0 amide bonds. The van der Waals surface area contributed by atoms with E-state index in [1.807, 2.05) is 13.0 Å². The predicted molar refractivity (Wildman–Crippen MR) is 79.0 cm³/mol. The molecule has 0 aliphatic heterocycles. The molecule has 1 aromatic heterocycles. The normalized spacial score (nSPS) is 15.1. The van der Waals surface area contributed by atoms with Crippen LogP contribution in [0, 0.1) is 23.0 Å². The zero-order chi connectivity index (χ0) is 14.1. The Morgan fingerprint density at radius 1 is 1.40 bits per heavy atom. The lowest BCUT2D eigenvalue weighted by atomic mass is 9.85. The number of pyridine rings is 1. The molecule has 2 aromatic rings. The Hall–Kier alpha value is -2.17. The van der Waals surface area contributed by atoms with E-state index < -0.39 is 0 Å². The second-order valence-corrected chi connectivity index (χ2v) is 5.44. The average Bonchev–Trinajstić information content (AvgIpc) is 2.36. The number of nitrogens with zero attached hydrogens (tertiary/aromatic N) is 2.